The van der Waals surface area contributed by atoms with Crippen LogP contribution in [0.5, 0.6) is 0 Å². The highest BCUT2D eigenvalue weighted by atomic mass is 16.7. The molecule has 0 aromatic heterocycles. The SMILES string of the molecule is C[C@@H](OC[C@H]1CN(C(C)(C)CC2Cc3ccccc3C2)NO1)c1ccccc1CC(=O)O. The van der Waals surface area contributed by atoms with Crippen LogP contribution >= 0.6 is 0 Å². The zero-order valence-electron chi connectivity index (χ0n) is 19.2. The molecule has 1 fully saturated rings. The standard InChI is InChI=1S/C26H34N2O4/c1-18(24-11-7-6-10-22(24)14-25(29)30)31-17-23-16-28(27-32-23)26(2,3)15-19-12-20-8-4-5-9-21(20)13-19/h4-11,18-19,23,27H,12-17H2,1-3H3,(H,29,30)/t18-,23-/m1/s1. The normalized spacial score (nSPS) is 20.4. The number of nitrogens with zero attached hydrogens (tertiary/aromatic N) is 1. The lowest BCUT2D eigenvalue weighted by molar-refractivity contribution is -0.136. The van der Waals surface area contributed by atoms with Gasteiger partial charge in [0.2, 0.25) is 0 Å². The maximum atomic E-state index is 11.2. The Balaban J connectivity index is 1.28. The molecular weight excluding hydrogens is 404 g/mol. The molecule has 2 aromatic carbocycles. The Kier molecular flexibility index (Phi) is 6.96. The lowest BCUT2D eigenvalue weighted by Gasteiger charge is -2.36. The van der Waals surface area contributed by atoms with Crippen LogP contribution in [0.25, 0.3) is 0 Å². The van der Waals surface area contributed by atoms with Crippen molar-refractivity contribution in [3.8, 4) is 0 Å². The summed E-state index contributed by atoms with van der Waals surface area (Å²) >= 11 is 0. The molecule has 172 valence electrons. The van der Waals surface area contributed by atoms with Crippen molar-refractivity contribution in [2.75, 3.05) is 13.2 Å². The fourth-order valence-electron chi connectivity index (χ4n) is 5.08. The summed E-state index contributed by atoms with van der Waals surface area (Å²) in [6.45, 7) is 7.68. The molecule has 6 heteroatoms. The van der Waals surface area contributed by atoms with Gasteiger partial charge in [0.1, 0.15) is 6.10 Å². The van der Waals surface area contributed by atoms with Crippen LogP contribution in [-0.2, 0) is 33.6 Å². The highest BCUT2D eigenvalue weighted by Gasteiger charge is 2.37. The molecule has 1 saturated heterocycles. The van der Waals surface area contributed by atoms with Gasteiger partial charge in [-0.15, -0.1) is 5.59 Å². The predicted octanol–water partition coefficient (Wildman–Crippen LogP) is 4.10. The third kappa shape index (κ3) is 5.38. The van der Waals surface area contributed by atoms with E-state index in [0.717, 1.165) is 36.9 Å². The summed E-state index contributed by atoms with van der Waals surface area (Å²) in [6, 6.07) is 16.3. The van der Waals surface area contributed by atoms with Gasteiger partial charge in [0, 0.05) is 12.1 Å². The minimum Gasteiger partial charge on any atom is -0.481 e. The van der Waals surface area contributed by atoms with Crippen LogP contribution in [-0.4, -0.2) is 40.9 Å². The summed E-state index contributed by atoms with van der Waals surface area (Å²) in [5.74, 6) is -0.193. The van der Waals surface area contributed by atoms with E-state index in [1.54, 1.807) is 0 Å². The number of hydrogen-bond donors (Lipinski definition) is 2. The molecule has 6 nitrogen and oxygen atoms in total. The molecule has 2 aliphatic rings. The Morgan fingerprint density at radius 1 is 1.19 bits per heavy atom. The van der Waals surface area contributed by atoms with E-state index in [9.17, 15) is 4.79 Å². The molecule has 1 aliphatic heterocycles. The summed E-state index contributed by atoms with van der Waals surface area (Å²) in [5.41, 5.74) is 7.76. The van der Waals surface area contributed by atoms with Crippen LogP contribution in [0.4, 0.5) is 0 Å². The van der Waals surface area contributed by atoms with E-state index in [4.69, 9.17) is 14.7 Å². The number of rotatable bonds is 9. The lowest BCUT2D eigenvalue weighted by atomic mass is 9.88. The van der Waals surface area contributed by atoms with Crippen molar-refractivity contribution >= 4 is 5.97 Å². The topological polar surface area (TPSA) is 71.0 Å². The monoisotopic (exact) mass is 438 g/mol. The molecule has 1 aliphatic carbocycles. The first-order chi connectivity index (χ1) is 15.3. The van der Waals surface area contributed by atoms with E-state index in [-0.39, 0.29) is 24.2 Å². The average molecular weight is 439 g/mol. The number of carboxylic acid groups (broad SMARTS) is 1. The summed E-state index contributed by atoms with van der Waals surface area (Å²) in [6.07, 6.45) is 3.10. The van der Waals surface area contributed by atoms with E-state index in [2.05, 4.69) is 48.7 Å². The van der Waals surface area contributed by atoms with Crippen LogP contribution in [0.2, 0.25) is 0 Å². The fourth-order valence-corrected chi connectivity index (χ4v) is 5.08. The van der Waals surface area contributed by atoms with Crippen molar-refractivity contribution in [1.29, 1.82) is 0 Å². The van der Waals surface area contributed by atoms with Crippen molar-refractivity contribution in [2.45, 2.75) is 64.2 Å². The van der Waals surface area contributed by atoms with Crippen LogP contribution in [0.15, 0.2) is 48.5 Å². The Morgan fingerprint density at radius 3 is 2.53 bits per heavy atom. The van der Waals surface area contributed by atoms with Gasteiger partial charge in [0.25, 0.3) is 0 Å². The number of ether oxygens (including phenoxy) is 1. The molecule has 0 amide bonds. The molecule has 2 aromatic rings. The zero-order valence-corrected chi connectivity index (χ0v) is 19.2. The smallest absolute Gasteiger partial charge is 0.307 e. The maximum absolute atomic E-state index is 11.2. The predicted molar refractivity (Wildman–Crippen MR) is 123 cm³/mol. The number of benzene rings is 2. The molecule has 4 rings (SSSR count). The van der Waals surface area contributed by atoms with E-state index >= 15 is 0 Å². The highest BCUT2D eigenvalue weighted by Crippen LogP contribution is 2.34. The maximum Gasteiger partial charge on any atom is 0.307 e. The van der Waals surface area contributed by atoms with Gasteiger partial charge in [-0.05, 0) is 68.2 Å². The van der Waals surface area contributed by atoms with Crippen LogP contribution in [0.3, 0.4) is 0 Å². The van der Waals surface area contributed by atoms with E-state index in [1.165, 1.54) is 11.1 Å². The number of hydrazine groups is 1. The van der Waals surface area contributed by atoms with Crippen LogP contribution in [0, 0.1) is 5.92 Å². The van der Waals surface area contributed by atoms with Gasteiger partial charge in [0.05, 0.1) is 19.1 Å². The second-order valence-corrected chi connectivity index (χ2v) is 9.75. The molecular formula is C26H34N2O4. The largest absolute Gasteiger partial charge is 0.481 e. The Bertz CT molecular complexity index is 920. The summed E-state index contributed by atoms with van der Waals surface area (Å²) in [7, 11) is 0. The molecule has 1 heterocycles. The molecule has 0 unspecified atom stereocenters. The van der Waals surface area contributed by atoms with Crippen molar-refractivity contribution in [3.05, 3.63) is 70.8 Å². The number of carbonyl (C=O) groups is 1. The minimum absolute atomic E-state index is 0.00163. The highest BCUT2D eigenvalue weighted by molar-refractivity contribution is 5.70. The first-order valence-corrected chi connectivity index (χ1v) is 11.5. The van der Waals surface area contributed by atoms with Gasteiger partial charge in [0.15, 0.2) is 0 Å². The summed E-state index contributed by atoms with van der Waals surface area (Å²) in [5, 5.41) is 11.3. The number of nitrogens with one attached hydrogen (secondary N) is 1. The molecule has 0 radical (unpaired) electrons. The number of aliphatic carboxylic acids is 1. The van der Waals surface area contributed by atoms with Gasteiger partial charge in [-0.3, -0.25) is 9.63 Å². The zero-order chi connectivity index (χ0) is 22.7. The number of hydrogen-bond acceptors (Lipinski definition) is 5. The van der Waals surface area contributed by atoms with Crippen LogP contribution in [0.1, 0.15) is 55.5 Å². The van der Waals surface area contributed by atoms with E-state index < -0.39 is 5.97 Å². The molecule has 2 atom stereocenters. The average Bonchev–Trinajstić information content (AvgIpc) is 3.38. The molecule has 2 N–H and O–H groups in total. The van der Waals surface area contributed by atoms with E-state index in [1.807, 2.05) is 31.2 Å². The summed E-state index contributed by atoms with van der Waals surface area (Å²) in [4.78, 5) is 17.0. The quantitative estimate of drug-likeness (QED) is 0.614. The number of fused-ring (bicyclic) bond motifs is 1. The van der Waals surface area contributed by atoms with Gasteiger partial charge >= 0.3 is 5.97 Å². The fraction of sp³-hybridized carbons (Fsp3) is 0.500. The molecule has 32 heavy (non-hydrogen) atoms. The first kappa shape index (κ1) is 22.9. The lowest BCUT2D eigenvalue weighted by Crippen LogP contribution is -2.49. The Hall–Kier alpha value is -2.25. The van der Waals surface area contributed by atoms with Gasteiger partial charge in [-0.2, -0.15) is 0 Å². The second kappa shape index (κ2) is 9.71. The Labute approximate surface area is 190 Å². The minimum atomic E-state index is -0.837. The Morgan fingerprint density at radius 2 is 1.84 bits per heavy atom. The molecule has 0 spiro atoms. The van der Waals surface area contributed by atoms with Gasteiger partial charge in [-0.25, -0.2) is 5.01 Å². The van der Waals surface area contributed by atoms with Crippen molar-refractivity contribution in [1.82, 2.24) is 10.6 Å². The van der Waals surface area contributed by atoms with Gasteiger partial charge < -0.3 is 9.84 Å². The number of carboxylic acids is 1. The molecule has 0 saturated carbocycles. The van der Waals surface area contributed by atoms with Crippen LogP contribution < -0.4 is 5.59 Å². The second-order valence-electron chi connectivity index (χ2n) is 9.75. The first-order valence-electron chi connectivity index (χ1n) is 11.5. The third-order valence-corrected chi connectivity index (χ3v) is 6.74. The molecule has 0 bridgehead atoms. The van der Waals surface area contributed by atoms with E-state index in [0.29, 0.717) is 12.5 Å². The van der Waals surface area contributed by atoms with Gasteiger partial charge in [-0.1, -0.05) is 48.5 Å². The van der Waals surface area contributed by atoms with Crippen molar-refractivity contribution in [2.24, 2.45) is 5.92 Å². The summed E-state index contributed by atoms with van der Waals surface area (Å²) < 4.78 is 6.09. The van der Waals surface area contributed by atoms with Crippen molar-refractivity contribution in [3.63, 3.8) is 0 Å². The van der Waals surface area contributed by atoms with Crippen molar-refractivity contribution < 1.29 is 19.5 Å². The third-order valence-electron chi connectivity index (χ3n) is 6.74.